The minimum absolute atomic E-state index is 0.207. The largest absolute Gasteiger partial charge is 0.434 e. The SMILES string of the molecule is CNC(=O)c1cc2c(-c3ccc(Cl)cc3)n(-c3ccc(Cl)cc3Cl)nc2nc1C(F)(F)F. The number of alkyl halides is 3. The summed E-state index contributed by atoms with van der Waals surface area (Å²) in [6.07, 6.45) is -4.86. The predicted octanol–water partition coefficient (Wildman–Crippen LogP) is 6.43. The molecule has 4 aromatic rings. The second kappa shape index (κ2) is 8.27. The Bertz CT molecular complexity index is 1350. The molecule has 0 spiro atoms. The van der Waals surface area contributed by atoms with E-state index < -0.39 is 23.3 Å². The topological polar surface area (TPSA) is 59.8 Å². The Kier molecular flexibility index (Phi) is 5.79. The Balaban J connectivity index is 2.12. The zero-order valence-corrected chi connectivity index (χ0v) is 18.4. The van der Waals surface area contributed by atoms with Gasteiger partial charge in [0.1, 0.15) is 0 Å². The van der Waals surface area contributed by atoms with Crippen LogP contribution in [0, 0.1) is 0 Å². The van der Waals surface area contributed by atoms with Crippen molar-refractivity contribution in [3.8, 4) is 16.9 Å². The second-order valence-electron chi connectivity index (χ2n) is 6.70. The van der Waals surface area contributed by atoms with Crippen molar-refractivity contribution >= 4 is 51.7 Å². The molecule has 2 aromatic heterocycles. The first-order valence-corrected chi connectivity index (χ1v) is 10.2. The van der Waals surface area contributed by atoms with Gasteiger partial charge in [0.2, 0.25) is 0 Å². The number of nitrogens with zero attached hydrogens (tertiary/aromatic N) is 3. The number of rotatable bonds is 3. The van der Waals surface area contributed by atoms with Gasteiger partial charge in [-0.1, -0.05) is 46.9 Å². The number of aromatic nitrogens is 3. The molecule has 5 nitrogen and oxygen atoms in total. The number of fused-ring (bicyclic) bond motifs is 1. The number of carbonyl (C=O) groups excluding carboxylic acids is 1. The lowest BCUT2D eigenvalue weighted by Crippen LogP contribution is -2.23. The summed E-state index contributed by atoms with van der Waals surface area (Å²) >= 11 is 18.3. The van der Waals surface area contributed by atoms with E-state index in [4.69, 9.17) is 34.8 Å². The summed E-state index contributed by atoms with van der Waals surface area (Å²) in [7, 11) is 1.24. The van der Waals surface area contributed by atoms with E-state index in [0.29, 0.717) is 27.0 Å². The Morgan fingerprint density at radius 3 is 2.25 bits per heavy atom. The normalized spacial score (nSPS) is 11.7. The lowest BCUT2D eigenvalue weighted by molar-refractivity contribution is -0.141. The quantitative estimate of drug-likeness (QED) is 0.354. The van der Waals surface area contributed by atoms with Crippen molar-refractivity contribution < 1.29 is 18.0 Å². The number of amides is 1. The molecule has 0 atom stereocenters. The van der Waals surface area contributed by atoms with Crippen molar-refractivity contribution in [2.75, 3.05) is 7.05 Å². The van der Waals surface area contributed by atoms with Crippen LogP contribution in [0.1, 0.15) is 16.1 Å². The van der Waals surface area contributed by atoms with Gasteiger partial charge in [0.25, 0.3) is 5.91 Å². The zero-order chi connectivity index (χ0) is 23.2. The summed E-state index contributed by atoms with van der Waals surface area (Å²) in [6.45, 7) is 0. The average molecular weight is 500 g/mol. The molecule has 0 aliphatic rings. The summed E-state index contributed by atoms with van der Waals surface area (Å²) in [5, 5.41) is 7.80. The Labute approximate surface area is 194 Å². The molecule has 164 valence electrons. The van der Waals surface area contributed by atoms with Crippen LogP contribution in [0.5, 0.6) is 0 Å². The van der Waals surface area contributed by atoms with Gasteiger partial charge in [0, 0.05) is 28.0 Å². The molecule has 2 heterocycles. The third-order valence-corrected chi connectivity index (χ3v) is 5.45. The highest BCUT2D eigenvalue weighted by atomic mass is 35.5. The maximum Gasteiger partial charge on any atom is 0.434 e. The van der Waals surface area contributed by atoms with E-state index in [1.54, 1.807) is 36.4 Å². The molecule has 1 amide bonds. The molecule has 0 saturated carbocycles. The third-order valence-electron chi connectivity index (χ3n) is 4.66. The number of nitrogens with one attached hydrogen (secondary N) is 1. The van der Waals surface area contributed by atoms with Crippen molar-refractivity contribution in [1.82, 2.24) is 20.1 Å². The fourth-order valence-electron chi connectivity index (χ4n) is 3.25. The highest BCUT2D eigenvalue weighted by Crippen LogP contribution is 2.38. The van der Waals surface area contributed by atoms with Crippen LogP contribution < -0.4 is 5.32 Å². The van der Waals surface area contributed by atoms with Gasteiger partial charge < -0.3 is 5.32 Å². The fourth-order valence-corrected chi connectivity index (χ4v) is 3.86. The first kappa shape index (κ1) is 22.4. The van der Waals surface area contributed by atoms with Crippen LogP contribution in [-0.2, 0) is 6.18 Å². The summed E-state index contributed by atoms with van der Waals surface area (Å²) < 4.78 is 42.3. The van der Waals surface area contributed by atoms with Crippen LogP contribution in [0.2, 0.25) is 15.1 Å². The molecule has 4 rings (SSSR count). The van der Waals surface area contributed by atoms with Crippen LogP contribution in [-0.4, -0.2) is 27.7 Å². The van der Waals surface area contributed by atoms with Crippen LogP contribution in [0.15, 0.2) is 48.5 Å². The average Bonchev–Trinajstić information content (AvgIpc) is 3.10. The minimum atomic E-state index is -4.86. The van der Waals surface area contributed by atoms with E-state index >= 15 is 0 Å². The van der Waals surface area contributed by atoms with Gasteiger partial charge in [-0.3, -0.25) is 4.79 Å². The first-order valence-electron chi connectivity index (χ1n) is 9.04. The molecule has 0 fully saturated rings. The monoisotopic (exact) mass is 498 g/mol. The number of hydrogen-bond acceptors (Lipinski definition) is 3. The maximum atomic E-state index is 13.7. The van der Waals surface area contributed by atoms with Gasteiger partial charge in [0.05, 0.1) is 22.0 Å². The second-order valence-corrected chi connectivity index (χ2v) is 7.98. The molecule has 0 aliphatic heterocycles. The summed E-state index contributed by atoms with van der Waals surface area (Å²) in [4.78, 5) is 16.0. The molecule has 1 N–H and O–H groups in total. The van der Waals surface area contributed by atoms with Gasteiger partial charge >= 0.3 is 6.18 Å². The van der Waals surface area contributed by atoms with E-state index in [-0.39, 0.29) is 16.1 Å². The van der Waals surface area contributed by atoms with Gasteiger partial charge in [-0.25, -0.2) is 9.67 Å². The zero-order valence-electron chi connectivity index (χ0n) is 16.1. The highest BCUT2D eigenvalue weighted by molar-refractivity contribution is 6.35. The Morgan fingerprint density at radius 1 is 1.00 bits per heavy atom. The molecule has 2 aromatic carbocycles. The van der Waals surface area contributed by atoms with Gasteiger partial charge in [-0.2, -0.15) is 13.2 Å². The molecule has 0 bridgehead atoms. The van der Waals surface area contributed by atoms with Crippen molar-refractivity contribution in [2.45, 2.75) is 6.18 Å². The molecular formula is C21H12Cl3F3N4O. The number of carbonyl (C=O) groups is 1. The van der Waals surface area contributed by atoms with E-state index in [9.17, 15) is 18.0 Å². The maximum absolute atomic E-state index is 13.7. The van der Waals surface area contributed by atoms with Crippen molar-refractivity contribution in [3.63, 3.8) is 0 Å². The summed E-state index contributed by atoms with van der Waals surface area (Å²) in [6, 6.07) is 12.4. The minimum Gasteiger partial charge on any atom is -0.355 e. The lowest BCUT2D eigenvalue weighted by Gasteiger charge is -2.12. The Hall–Kier alpha value is -2.81. The molecule has 0 unspecified atom stereocenters. The van der Waals surface area contributed by atoms with Crippen molar-refractivity contribution in [1.29, 1.82) is 0 Å². The van der Waals surface area contributed by atoms with E-state index in [2.05, 4.69) is 15.4 Å². The van der Waals surface area contributed by atoms with E-state index in [1.165, 1.54) is 17.8 Å². The predicted molar refractivity (Wildman–Crippen MR) is 118 cm³/mol. The van der Waals surface area contributed by atoms with Crippen molar-refractivity contribution in [2.24, 2.45) is 0 Å². The van der Waals surface area contributed by atoms with Crippen LogP contribution in [0.3, 0.4) is 0 Å². The molecular weight excluding hydrogens is 488 g/mol. The smallest absolute Gasteiger partial charge is 0.355 e. The molecule has 0 radical (unpaired) electrons. The number of benzene rings is 2. The number of halogens is 6. The van der Waals surface area contributed by atoms with Crippen LogP contribution in [0.25, 0.3) is 28.0 Å². The number of pyridine rings is 1. The van der Waals surface area contributed by atoms with Gasteiger partial charge in [0.15, 0.2) is 11.3 Å². The summed E-state index contributed by atoms with van der Waals surface area (Å²) in [5.41, 5.74) is -0.835. The molecule has 11 heteroatoms. The Morgan fingerprint density at radius 2 is 1.66 bits per heavy atom. The van der Waals surface area contributed by atoms with Gasteiger partial charge in [-0.05, 0) is 36.4 Å². The first-order chi connectivity index (χ1) is 15.1. The van der Waals surface area contributed by atoms with Crippen LogP contribution in [0.4, 0.5) is 13.2 Å². The van der Waals surface area contributed by atoms with E-state index in [0.717, 1.165) is 6.07 Å². The molecule has 32 heavy (non-hydrogen) atoms. The molecule has 0 saturated heterocycles. The van der Waals surface area contributed by atoms with Crippen LogP contribution >= 0.6 is 34.8 Å². The highest BCUT2D eigenvalue weighted by Gasteiger charge is 2.38. The lowest BCUT2D eigenvalue weighted by atomic mass is 10.1. The van der Waals surface area contributed by atoms with Gasteiger partial charge in [-0.15, -0.1) is 5.10 Å². The third kappa shape index (κ3) is 4.01. The van der Waals surface area contributed by atoms with E-state index in [1.807, 2.05) is 0 Å². The summed E-state index contributed by atoms with van der Waals surface area (Å²) in [5.74, 6) is -0.925. The number of hydrogen-bond donors (Lipinski definition) is 1. The standard InChI is InChI=1S/C21H12Cl3F3N4O/c1-28-20(32)14-9-13-17(10-2-4-11(22)5-3-10)31(16-7-6-12(23)8-15(16)24)30-19(13)29-18(14)21(25,26)27/h2-9H,1H3,(H,28,32). The fraction of sp³-hybridized carbons (Fsp3) is 0.0952. The van der Waals surface area contributed by atoms with Crippen molar-refractivity contribution in [3.05, 3.63) is 74.9 Å². The molecule has 0 aliphatic carbocycles.